The average molecular weight is 367 g/mol. The number of methoxy groups -OCH3 is 2. The molecule has 24 heavy (non-hydrogen) atoms. The maximum Gasteiger partial charge on any atom is 0.205 e. The second-order valence-electron chi connectivity index (χ2n) is 4.94. The molecule has 0 radical (unpaired) electrons. The minimum absolute atomic E-state index is 0.0106. The molecule has 0 aliphatic rings. The Morgan fingerprint density at radius 1 is 1.04 bits per heavy atom. The molecule has 1 heterocycles. The molecule has 5 nitrogen and oxygen atoms in total. The van der Waals surface area contributed by atoms with Gasteiger partial charge in [0.25, 0.3) is 0 Å². The molecule has 0 amide bonds. The van der Waals surface area contributed by atoms with E-state index in [9.17, 15) is 9.90 Å². The summed E-state index contributed by atoms with van der Waals surface area (Å²) in [5, 5.41) is 10.8. The topological polar surface area (TPSA) is 68.9 Å². The number of phenols is 1. The first kappa shape index (κ1) is 16.5. The van der Waals surface area contributed by atoms with Crippen molar-refractivity contribution in [1.82, 2.24) is 0 Å². The van der Waals surface area contributed by atoms with Crippen LogP contribution < -0.4 is 14.9 Å². The quantitative estimate of drug-likeness (QED) is 0.739. The van der Waals surface area contributed by atoms with Gasteiger partial charge in [0.1, 0.15) is 16.9 Å². The molecule has 0 atom stereocenters. The van der Waals surface area contributed by atoms with Crippen LogP contribution in [0.25, 0.3) is 22.3 Å². The summed E-state index contributed by atoms with van der Waals surface area (Å²) in [6.45, 7) is 0. The van der Waals surface area contributed by atoms with Crippen LogP contribution in [0.4, 0.5) is 0 Å². The molecule has 0 fully saturated rings. The second kappa shape index (κ2) is 6.26. The van der Waals surface area contributed by atoms with Gasteiger partial charge in [-0.3, -0.25) is 4.79 Å². The first-order valence-corrected chi connectivity index (χ1v) is 7.59. The SMILES string of the molecule is COc1cc(O)c2c(=O)cc(-c3ccc(Cl)c(Cl)c3)oc2c1OC. The largest absolute Gasteiger partial charge is 0.507 e. The number of hydrogen-bond acceptors (Lipinski definition) is 5. The Morgan fingerprint density at radius 2 is 1.79 bits per heavy atom. The van der Waals surface area contributed by atoms with Gasteiger partial charge in [0, 0.05) is 17.7 Å². The van der Waals surface area contributed by atoms with Gasteiger partial charge in [-0.2, -0.15) is 0 Å². The van der Waals surface area contributed by atoms with Gasteiger partial charge in [-0.1, -0.05) is 23.2 Å². The van der Waals surface area contributed by atoms with Crippen molar-refractivity contribution in [3.8, 4) is 28.6 Å². The number of aromatic hydroxyl groups is 1. The Kier molecular flexibility index (Phi) is 4.30. The fourth-order valence-corrected chi connectivity index (χ4v) is 2.70. The van der Waals surface area contributed by atoms with Crippen LogP contribution in [0, 0.1) is 0 Å². The summed E-state index contributed by atoms with van der Waals surface area (Å²) >= 11 is 11.9. The minimum Gasteiger partial charge on any atom is -0.507 e. The van der Waals surface area contributed by atoms with Gasteiger partial charge in [-0.25, -0.2) is 0 Å². The van der Waals surface area contributed by atoms with Crippen LogP contribution in [0.1, 0.15) is 0 Å². The fourth-order valence-electron chi connectivity index (χ4n) is 2.41. The molecule has 0 saturated heterocycles. The molecule has 0 unspecified atom stereocenters. The molecule has 7 heteroatoms. The number of phenolic OH excluding ortho intramolecular Hbond substituents is 1. The normalized spacial score (nSPS) is 10.8. The summed E-state index contributed by atoms with van der Waals surface area (Å²) in [6.07, 6.45) is 0. The maximum absolute atomic E-state index is 12.4. The van der Waals surface area contributed by atoms with E-state index in [1.807, 2.05) is 0 Å². The van der Waals surface area contributed by atoms with Crippen molar-refractivity contribution < 1.29 is 19.0 Å². The lowest BCUT2D eigenvalue weighted by molar-refractivity contribution is 0.350. The molecule has 0 aliphatic heterocycles. The number of rotatable bonds is 3. The molecule has 3 aromatic rings. The fraction of sp³-hybridized carbons (Fsp3) is 0.118. The molecule has 2 aromatic carbocycles. The van der Waals surface area contributed by atoms with E-state index in [1.54, 1.807) is 18.2 Å². The van der Waals surface area contributed by atoms with E-state index < -0.39 is 5.43 Å². The molecular weight excluding hydrogens is 355 g/mol. The summed E-state index contributed by atoms with van der Waals surface area (Å²) < 4.78 is 16.2. The van der Waals surface area contributed by atoms with E-state index in [2.05, 4.69) is 0 Å². The van der Waals surface area contributed by atoms with E-state index in [-0.39, 0.29) is 34.0 Å². The van der Waals surface area contributed by atoms with E-state index in [1.165, 1.54) is 26.4 Å². The van der Waals surface area contributed by atoms with E-state index >= 15 is 0 Å². The van der Waals surface area contributed by atoms with Gasteiger partial charge < -0.3 is 19.0 Å². The Balaban J connectivity index is 2.36. The highest BCUT2D eigenvalue weighted by molar-refractivity contribution is 6.42. The highest BCUT2D eigenvalue weighted by atomic mass is 35.5. The molecule has 0 saturated carbocycles. The van der Waals surface area contributed by atoms with Gasteiger partial charge in [0.15, 0.2) is 16.8 Å². The predicted molar refractivity (Wildman–Crippen MR) is 92.7 cm³/mol. The first-order chi connectivity index (χ1) is 11.5. The van der Waals surface area contributed by atoms with Gasteiger partial charge in [0.2, 0.25) is 5.75 Å². The molecule has 0 spiro atoms. The Morgan fingerprint density at radius 3 is 2.42 bits per heavy atom. The van der Waals surface area contributed by atoms with Crippen molar-refractivity contribution in [3.05, 3.63) is 50.6 Å². The van der Waals surface area contributed by atoms with E-state index in [0.717, 1.165) is 0 Å². The van der Waals surface area contributed by atoms with Crippen molar-refractivity contribution in [2.24, 2.45) is 0 Å². The monoisotopic (exact) mass is 366 g/mol. The van der Waals surface area contributed by atoms with E-state index in [4.69, 9.17) is 37.1 Å². The molecule has 0 aliphatic carbocycles. The third kappa shape index (κ3) is 2.66. The molecule has 124 valence electrons. The van der Waals surface area contributed by atoms with Crippen LogP contribution in [0.3, 0.4) is 0 Å². The van der Waals surface area contributed by atoms with E-state index in [0.29, 0.717) is 15.6 Å². The molecular formula is C17H12Cl2O5. The summed E-state index contributed by atoms with van der Waals surface area (Å²) in [4.78, 5) is 12.4. The van der Waals surface area contributed by atoms with Crippen LogP contribution >= 0.6 is 23.2 Å². The summed E-state index contributed by atoms with van der Waals surface area (Å²) in [6, 6.07) is 7.43. The van der Waals surface area contributed by atoms with Gasteiger partial charge >= 0.3 is 0 Å². The van der Waals surface area contributed by atoms with Crippen molar-refractivity contribution >= 4 is 34.2 Å². The third-order valence-corrected chi connectivity index (χ3v) is 4.27. The zero-order chi connectivity index (χ0) is 17.4. The van der Waals surface area contributed by atoms with Crippen LogP contribution in [-0.4, -0.2) is 19.3 Å². The van der Waals surface area contributed by atoms with Crippen molar-refractivity contribution in [3.63, 3.8) is 0 Å². The van der Waals surface area contributed by atoms with Gasteiger partial charge in [-0.05, 0) is 18.2 Å². The van der Waals surface area contributed by atoms with Crippen LogP contribution in [-0.2, 0) is 0 Å². The number of benzene rings is 2. The zero-order valence-corrected chi connectivity index (χ0v) is 14.2. The van der Waals surface area contributed by atoms with Gasteiger partial charge in [0.05, 0.1) is 24.3 Å². The van der Waals surface area contributed by atoms with Crippen molar-refractivity contribution in [2.45, 2.75) is 0 Å². The first-order valence-electron chi connectivity index (χ1n) is 6.83. The lowest BCUT2D eigenvalue weighted by atomic mass is 10.1. The number of hydrogen-bond donors (Lipinski definition) is 1. The maximum atomic E-state index is 12.4. The molecule has 0 bridgehead atoms. The lowest BCUT2D eigenvalue weighted by Gasteiger charge is -2.12. The Bertz CT molecular complexity index is 994. The third-order valence-electron chi connectivity index (χ3n) is 3.53. The molecule has 1 N–H and O–H groups in total. The highest BCUT2D eigenvalue weighted by Gasteiger charge is 2.19. The number of halogens is 2. The predicted octanol–water partition coefficient (Wildman–Crippen LogP) is 4.49. The van der Waals surface area contributed by atoms with Crippen LogP contribution in [0.5, 0.6) is 17.2 Å². The average Bonchev–Trinajstić information content (AvgIpc) is 2.56. The Hall–Kier alpha value is -2.37. The highest BCUT2D eigenvalue weighted by Crippen LogP contribution is 2.41. The van der Waals surface area contributed by atoms with Crippen molar-refractivity contribution in [2.75, 3.05) is 14.2 Å². The smallest absolute Gasteiger partial charge is 0.205 e. The summed E-state index contributed by atoms with van der Waals surface area (Å²) in [5.74, 6) is 0.468. The molecule has 3 rings (SSSR count). The second-order valence-corrected chi connectivity index (χ2v) is 5.75. The Labute approximate surface area is 146 Å². The van der Waals surface area contributed by atoms with Gasteiger partial charge in [-0.15, -0.1) is 0 Å². The van der Waals surface area contributed by atoms with Crippen LogP contribution in [0.15, 0.2) is 39.5 Å². The standard InChI is InChI=1S/C17H12Cl2O5/c1-22-14-7-12(21)15-11(20)6-13(24-17(15)16(14)23-2)8-3-4-9(18)10(19)5-8/h3-7,21H,1-2H3. The lowest BCUT2D eigenvalue weighted by Crippen LogP contribution is -2.03. The number of ether oxygens (including phenoxy) is 2. The summed E-state index contributed by atoms with van der Waals surface area (Å²) in [7, 11) is 2.84. The molecule has 1 aromatic heterocycles. The number of fused-ring (bicyclic) bond motifs is 1. The van der Waals surface area contributed by atoms with Crippen LogP contribution in [0.2, 0.25) is 10.0 Å². The zero-order valence-electron chi connectivity index (χ0n) is 12.7. The summed E-state index contributed by atoms with van der Waals surface area (Å²) in [5.41, 5.74) is 0.228. The minimum atomic E-state index is -0.421. The van der Waals surface area contributed by atoms with Crippen molar-refractivity contribution in [1.29, 1.82) is 0 Å².